The number of nitrogens with one attached hydrogen (secondary N) is 2. The van der Waals surface area contributed by atoms with Gasteiger partial charge in [-0.05, 0) is 63.1 Å². The second kappa shape index (κ2) is 8.19. The molecule has 1 aliphatic heterocycles. The lowest BCUT2D eigenvalue weighted by atomic mass is 9.96. The van der Waals surface area contributed by atoms with E-state index < -0.39 is 5.54 Å². The van der Waals surface area contributed by atoms with E-state index in [1.165, 1.54) is 5.56 Å². The molecule has 1 aliphatic carbocycles. The van der Waals surface area contributed by atoms with Gasteiger partial charge in [0.05, 0.1) is 12.1 Å². The maximum Gasteiger partial charge on any atom is 0.315 e. The number of aliphatic hydroxyl groups is 1. The summed E-state index contributed by atoms with van der Waals surface area (Å²) in [6.45, 7) is 5.84. The van der Waals surface area contributed by atoms with Crippen LogP contribution >= 0.6 is 0 Å². The predicted molar refractivity (Wildman–Crippen MR) is 99.2 cm³/mol. The van der Waals surface area contributed by atoms with Crippen molar-refractivity contribution in [2.24, 2.45) is 11.8 Å². The minimum absolute atomic E-state index is 0.00294. The topological polar surface area (TPSA) is 64.6 Å². The van der Waals surface area contributed by atoms with Gasteiger partial charge >= 0.3 is 6.03 Å². The third-order valence-corrected chi connectivity index (χ3v) is 5.71. The van der Waals surface area contributed by atoms with Gasteiger partial charge in [-0.3, -0.25) is 4.90 Å². The van der Waals surface area contributed by atoms with Gasteiger partial charge in [0.25, 0.3) is 0 Å². The summed E-state index contributed by atoms with van der Waals surface area (Å²) in [5.74, 6) is 0.962. The first kappa shape index (κ1) is 18.2. The minimum atomic E-state index is -0.469. The van der Waals surface area contributed by atoms with Gasteiger partial charge in [-0.15, -0.1) is 0 Å². The highest BCUT2D eigenvalue weighted by atomic mass is 16.3. The second-order valence-electron chi connectivity index (χ2n) is 7.89. The molecule has 2 fully saturated rings. The number of nitrogens with zero attached hydrogens (tertiary/aromatic N) is 1. The maximum atomic E-state index is 12.2. The number of urea groups is 1. The lowest BCUT2D eigenvalue weighted by molar-refractivity contribution is 0.151. The molecule has 1 aromatic rings. The molecule has 0 spiro atoms. The largest absolute Gasteiger partial charge is 0.394 e. The molecule has 0 unspecified atom stereocenters. The Hall–Kier alpha value is -1.59. The van der Waals surface area contributed by atoms with Crippen LogP contribution in [0.1, 0.15) is 38.2 Å². The Kier molecular flexibility index (Phi) is 5.97. The lowest BCUT2D eigenvalue weighted by Crippen LogP contribution is -2.54. The highest BCUT2D eigenvalue weighted by molar-refractivity contribution is 5.74. The summed E-state index contributed by atoms with van der Waals surface area (Å²) in [4.78, 5) is 14.6. The number of piperidine rings is 1. The van der Waals surface area contributed by atoms with Crippen LogP contribution in [0.25, 0.3) is 0 Å². The van der Waals surface area contributed by atoms with Crippen molar-refractivity contribution in [3.63, 3.8) is 0 Å². The minimum Gasteiger partial charge on any atom is -0.394 e. The molecular formula is C20H31N3O2. The zero-order valence-corrected chi connectivity index (χ0v) is 15.2. The fourth-order valence-corrected chi connectivity index (χ4v) is 3.72. The summed E-state index contributed by atoms with van der Waals surface area (Å²) in [5, 5.41) is 15.5. The highest BCUT2D eigenvalue weighted by Crippen LogP contribution is 2.39. The lowest BCUT2D eigenvalue weighted by Gasteiger charge is -2.33. The molecule has 5 nitrogen and oxygen atoms in total. The van der Waals surface area contributed by atoms with Crippen LogP contribution in [0.4, 0.5) is 4.79 Å². The van der Waals surface area contributed by atoms with Crippen LogP contribution in [0.5, 0.6) is 0 Å². The van der Waals surface area contributed by atoms with Crippen LogP contribution in [-0.4, -0.2) is 47.8 Å². The van der Waals surface area contributed by atoms with Crippen LogP contribution in [-0.2, 0) is 6.54 Å². The van der Waals surface area contributed by atoms with Crippen LogP contribution in [0, 0.1) is 11.8 Å². The Labute approximate surface area is 150 Å². The van der Waals surface area contributed by atoms with E-state index in [0.29, 0.717) is 11.8 Å². The number of benzene rings is 1. The fourth-order valence-electron chi connectivity index (χ4n) is 3.72. The second-order valence-corrected chi connectivity index (χ2v) is 7.89. The van der Waals surface area contributed by atoms with Gasteiger partial charge in [-0.25, -0.2) is 4.79 Å². The summed E-state index contributed by atoms with van der Waals surface area (Å²) in [5.41, 5.74) is 0.894. The summed E-state index contributed by atoms with van der Waals surface area (Å²) in [7, 11) is 0. The first-order chi connectivity index (χ1) is 12.1. The van der Waals surface area contributed by atoms with Crippen molar-refractivity contribution in [1.82, 2.24) is 15.5 Å². The van der Waals surface area contributed by atoms with Crippen LogP contribution in [0.2, 0.25) is 0 Å². The van der Waals surface area contributed by atoms with Crippen molar-refractivity contribution in [2.75, 3.05) is 26.2 Å². The molecule has 3 N–H and O–H groups in total. The van der Waals surface area contributed by atoms with Crippen molar-refractivity contribution in [1.29, 1.82) is 0 Å². The van der Waals surface area contributed by atoms with E-state index in [4.69, 9.17) is 0 Å². The molecule has 5 heteroatoms. The standard InChI is InChI=1S/C20H31N3O2/c1-20(15-24,18-7-8-18)22-19(25)21-13-16-9-11-23(12-10-16)14-17-5-3-2-4-6-17/h2-6,16,18,24H,7-15H2,1H3,(H2,21,22,25)/t20-/m0/s1. The molecule has 1 saturated heterocycles. The number of hydrogen-bond donors (Lipinski definition) is 3. The average molecular weight is 345 g/mol. The number of amides is 2. The van der Waals surface area contributed by atoms with E-state index in [0.717, 1.165) is 51.9 Å². The molecule has 1 heterocycles. The van der Waals surface area contributed by atoms with Gasteiger partial charge in [0.1, 0.15) is 0 Å². The zero-order chi connectivity index (χ0) is 17.7. The zero-order valence-electron chi connectivity index (χ0n) is 15.2. The smallest absolute Gasteiger partial charge is 0.315 e. The number of hydrogen-bond acceptors (Lipinski definition) is 3. The Morgan fingerprint density at radius 2 is 1.88 bits per heavy atom. The van der Waals surface area contributed by atoms with Crippen molar-refractivity contribution in [3.8, 4) is 0 Å². The molecule has 2 aliphatic rings. The number of aliphatic hydroxyl groups excluding tert-OH is 1. The van der Waals surface area contributed by atoms with E-state index >= 15 is 0 Å². The van der Waals surface area contributed by atoms with Crippen molar-refractivity contribution < 1.29 is 9.90 Å². The third-order valence-electron chi connectivity index (χ3n) is 5.71. The van der Waals surface area contributed by atoms with Gasteiger partial charge in [-0.2, -0.15) is 0 Å². The Balaban J connectivity index is 1.35. The Morgan fingerprint density at radius 1 is 1.20 bits per heavy atom. The molecule has 1 saturated carbocycles. The summed E-state index contributed by atoms with van der Waals surface area (Å²) in [6, 6.07) is 10.4. The summed E-state index contributed by atoms with van der Waals surface area (Å²) < 4.78 is 0. The van der Waals surface area contributed by atoms with Crippen molar-refractivity contribution in [2.45, 2.75) is 44.7 Å². The molecule has 2 amide bonds. The van der Waals surface area contributed by atoms with Crippen molar-refractivity contribution in [3.05, 3.63) is 35.9 Å². The van der Waals surface area contributed by atoms with E-state index in [1.807, 2.05) is 6.92 Å². The Morgan fingerprint density at radius 3 is 2.48 bits per heavy atom. The molecule has 138 valence electrons. The molecule has 3 rings (SSSR count). The number of carbonyl (C=O) groups is 1. The van der Waals surface area contributed by atoms with Gasteiger partial charge in [0.15, 0.2) is 0 Å². The molecule has 1 aromatic carbocycles. The molecule has 25 heavy (non-hydrogen) atoms. The molecule has 0 aromatic heterocycles. The van der Waals surface area contributed by atoms with E-state index in [2.05, 4.69) is 45.9 Å². The van der Waals surface area contributed by atoms with E-state index in [-0.39, 0.29) is 12.6 Å². The normalized spacial score (nSPS) is 21.5. The van der Waals surface area contributed by atoms with Crippen LogP contribution < -0.4 is 10.6 Å². The number of carbonyl (C=O) groups excluding carboxylic acids is 1. The monoisotopic (exact) mass is 345 g/mol. The SMILES string of the molecule is C[C@@](CO)(NC(=O)NCC1CCN(Cc2ccccc2)CC1)C1CC1. The summed E-state index contributed by atoms with van der Waals surface area (Å²) in [6.07, 6.45) is 4.43. The summed E-state index contributed by atoms with van der Waals surface area (Å²) >= 11 is 0. The molecule has 0 radical (unpaired) electrons. The van der Waals surface area contributed by atoms with Crippen LogP contribution in [0.3, 0.4) is 0 Å². The van der Waals surface area contributed by atoms with Crippen LogP contribution in [0.15, 0.2) is 30.3 Å². The third kappa shape index (κ3) is 5.19. The number of rotatable bonds is 7. The van der Waals surface area contributed by atoms with Crippen molar-refractivity contribution >= 4 is 6.03 Å². The van der Waals surface area contributed by atoms with Gasteiger partial charge in [0, 0.05) is 13.1 Å². The number of likely N-dealkylation sites (tertiary alicyclic amines) is 1. The van der Waals surface area contributed by atoms with E-state index in [1.54, 1.807) is 0 Å². The quantitative estimate of drug-likeness (QED) is 0.711. The first-order valence-electron chi connectivity index (χ1n) is 9.52. The molecule has 1 atom stereocenters. The Bertz CT molecular complexity index is 553. The fraction of sp³-hybridized carbons (Fsp3) is 0.650. The predicted octanol–water partition coefficient (Wildman–Crippen LogP) is 2.36. The van der Waals surface area contributed by atoms with Gasteiger partial charge in [-0.1, -0.05) is 30.3 Å². The average Bonchev–Trinajstić information content (AvgIpc) is 3.48. The maximum absolute atomic E-state index is 12.2. The molecular weight excluding hydrogens is 314 g/mol. The first-order valence-corrected chi connectivity index (χ1v) is 9.52. The van der Waals surface area contributed by atoms with Gasteiger partial charge in [0.2, 0.25) is 0 Å². The highest BCUT2D eigenvalue weighted by Gasteiger charge is 2.42. The van der Waals surface area contributed by atoms with E-state index in [9.17, 15) is 9.90 Å². The van der Waals surface area contributed by atoms with Gasteiger partial charge < -0.3 is 15.7 Å². The molecule has 0 bridgehead atoms.